The molecule has 2 aromatic rings. The molecule has 0 heterocycles. The molecule has 0 saturated carbocycles. The van der Waals surface area contributed by atoms with Crippen LogP contribution in [0.1, 0.15) is 31.1 Å². The van der Waals surface area contributed by atoms with Gasteiger partial charge in [-0.05, 0) is 48.6 Å². The number of thiocarbonyl (C=S) groups is 1. The Hall–Kier alpha value is -2.98. The van der Waals surface area contributed by atoms with E-state index in [1.165, 1.54) is 39.5 Å². The van der Waals surface area contributed by atoms with Crippen molar-refractivity contribution in [2.45, 2.75) is 0 Å². The summed E-state index contributed by atoms with van der Waals surface area (Å²) in [6, 6.07) is 9.14. The Balaban J connectivity index is 2.24. The van der Waals surface area contributed by atoms with Crippen LogP contribution in [0.4, 0.5) is 5.69 Å². The van der Waals surface area contributed by atoms with Crippen LogP contribution in [0.5, 0.6) is 5.75 Å². The van der Waals surface area contributed by atoms with Gasteiger partial charge < -0.3 is 19.5 Å². The summed E-state index contributed by atoms with van der Waals surface area (Å²) < 4.78 is 15.2. The van der Waals surface area contributed by atoms with Gasteiger partial charge in [-0.3, -0.25) is 10.1 Å². The molecule has 0 aromatic heterocycles. The number of carbonyl (C=O) groups excluding carboxylic acids is 3. The van der Waals surface area contributed by atoms with E-state index in [2.05, 4.69) is 36.0 Å². The lowest BCUT2D eigenvalue weighted by Gasteiger charge is -2.13. The Kier molecular flexibility index (Phi) is 7.68. The number of hydrogen-bond acceptors (Lipinski definition) is 7. The van der Waals surface area contributed by atoms with Gasteiger partial charge in [0.25, 0.3) is 5.91 Å². The molecule has 0 aliphatic carbocycles. The quantitative estimate of drug-likeness (QED) is 0.496. The first kappa shape index (κ1) is 22.3. The van der Waals surface area contributed by atoms with Crippen molar-refractivity contribution < 1.29 is 28.6 Å². The molecule has 0 aliphatic heterocycles. The molecule has 0 saturated heterocycles. The summed E-state index contributed by atoms with van der Waals surface area (Å²) in [6.45, 7) is 0. The Morgan fingerprint density at radius 3 is 2.03 bits per heavy atom. The third-order valence-electron chi connectivity index (χ3n) is 3.67. The maximum Gasteiger partial charge on any atom is 0.337 e. The van der Waals surface area contributed by atoms with E-state index in [-0.39, 0.29) is 21.8 Å². The number of carbonyl (C=O) groups is 3. The minimum Gasteiger partial charge on any atom is -0.496 e. The van der Waals surface area contributed by atoms with Crippen LogP contribution in [0.25, 0.3) is 0 Å². The van der Waals surface area contributed by atoms with Gasteiger partial charge in [0.05, 0.1) is 38.0 Å². The van der Waals surface area contributed by atoms with Crippen LogP contribution in [0.2, 0.25) is 0 Å². The molecule has 0 atom stereocenters. The predicted octanol–water partition coefficient (Wildman–Crippen LogP) is 3.16. The minimum atomic E-state index is -0.646. The summed E-state index contributed by atoms with van der Waals surface area (Å²) in [7, 11) is 3.89. The van der Waals surface area contributed by atoms with Gasteiger partial charge in [-0.25, -0.2) is 9.59 Å². The van der Waals surface area contributed by atoms with Crippen LogP contribution >= 0.6 is 28.1 Å². The highest BCUT2D eigenvalue weighted by atomic mass is 79.9. The van der Waals surface area contributed by atoms with E-state index in [4.69, 9.17) is 17.0 Å². The monoisotopic (exact) mass is 480 g/mol. The van der Waals surface area contributed by atoms with Gasteiger partial charge >= 0.3 is 11.9 Å². The number of benzene rings is 2. The zero-order chi connectivity index (χ0) is 21.6. The fourth-order valence-corrected chi connectivity index (χ4v) is 2.93. The number of ether oxygens (including phenoxy) is 3. The number of methoxy groups -OCH3 is 3. The van der Waals surface area contributed by atoms with E-state index in [0.29, 0.717) is 15.9 Å². The molecular weight excluding hydrogens is 464 g/mol. The fourth-order valence-electron chi connectivity index (χ4n) is 2.36. The lowest BCUT2D eigenvalue weighted by molar-refractivity contribution is 0.0599. The number of rotatable bonds is 5. The maximum atomic E-state index is 12.5. The van der Waals surface area contributed by atoms with Crippen LogP contribution in [0.3, 0.4) is 0 Å². The molecule has 0 spiro atoms. The van der Waals surface area contributed by atoms with Crippen molar-refractivity contribution in [3.63, 3.8) is 0 Å². The van der Waals surface area contributed by atoms with Crippen LogP contribution in [0, 0.1) is 0 Å². The van der Waals surface area contributed by atoms with Crippen LogP contribution in [-0.2, 0) is 9.47 Å². The lowest BCUT2D eigenvalue weighted by atomic mass is 10.1. The predicted molar refractivity (Wildman–Crippen MR) is 114 cm³/mol. The zero-order valence-electron chi connectivity index (χ0n) is 15.7. The number of halogens is 1. The summed E-state index contributed by atoms with van der Waals surface area (Å²) in [5.74, 6) is -1.42. The van der Waals surface area contributed by atoms with E-state index in [1.807, 2.05) is 0 Å². The van der Waals surface area contributed by atoms with Crippen molar-refractivity contribution in [2.75, 3.05) is 26.6 Å². The SMILES string of the molecule is COC(=O)c1cc(NC(=S)NC(=O)c2cc(Br)ccc2OC)cc(C(=O)OC)c1. The average Bonchev–Trinajstić information content (AvgIpc) is 2.71. The van der Waals surface area contributed by atoms with Crippen molar-refractivity contribution in [2.24, 2.45) is 0 Å². The van der Waals surface area contributed by atoms with E-state index in [1.54, 1.807) is 18.2 Å². The normalized spacial score (nSPS) is 9.93. The number of nitrogens with one attached hydrogen (secondary N) is 2. The van der Waals surface area contributed by atoms with Crippen molar-refractivity contribution in [1.82, 2.24) is 5.32 Å². The van der Waals surface area contributed by atoms with Gasteiger partial charge in [-0.15, -0.1) is 0 Å². The summed E-state index contributed by atoms with van der Waals surface area (Å²) in [5, 5.41) is 5.24. The third-order valence-corrected chi connectivity index (χ3v) is 4.36. The fraction of sp³-hybridized carbons (Fsp3) is 0.158. The Bertz CT molecular complexity index is 945. The molecule has 10 heteroatoms. The molecule has 0 unspecified atom stereocenters. The van der Waals surface area contributed by atoms with E-state index in [0.717, 1.165) is 0 Å². The molecular formula is C19H17BrN2O6S. The number of esters is 2. The van der Waals surface area contributed by atoms with Crippen molar-refractivity contribution in [3.8, 4) is 5.75 Å². The first-order valence-corrected chi connectivity index (χ1v) is 9.26. The van der Waals surface area contributed by atoms with Crippen molar-refractivity contribution in [3.05, 3.63) is 57.6 Å². The molecule has 0 radical (unpaired) electrons. The molecule has 0 fully saturated rings. The standard InChI is InChI=1S/C19H17BrN2O6S/c1-26-15-5-4-12(20)9-14(15)16(23)22-19(29)21-13-7-10(17(24)27-2)6-11(8-13)18(25)28-3/h4-9H,1-3H3,(H2,21,22,23,29). The summed E-state index contributed by atoms with van der Waals surface area (Å²) in [5.41, 5.74) is 0.783. The molecule has 2 rings (SSSR count). The molecule has 8 nitrogen and oxygen atoms in total. The average molecular weight is 481 g/mol. The van der Waals surface area contributed by atoms with Gasteiger partial charge in [0.1, 0.15) is 5.75 Å². The van der Waals surface area contributed by atoms with Crippen LogP contribution in [0.15, 0.2) is 40.9 Å². The third kappa shape index (κ3) is 5.75. The molecule has 152 valence electrons. The highest BCUT2D eigenvalue weighted by Gasteiger charge is 2.17. The van der Waals surface area contributed by atoms with Crippen molar-refractivity contribution in [1.29, 1.82) is 0 Å². The summed E-state index contributed by atoms with van der Waals surface area (Å²) >= 11 is 8.47. The lowest BCUT2D eigenvalue weighted by Crippen LogP contribution is -2.34. The van der Waals surface area contributed by atoms with Gasteiger partial charge in [-0.1, -0.05) is 15.9 Å². The number of hydrogen-bond donors (Lipinski definition) is 2. The molecule has 29 heavy (non-hydrogen) atoms. The van der Waals surface area contributed by atoms with Gasteiger partial charge in [0.2, 0.25) is 0 Å². The first-order chi connectivity index (χ1) is 13.8. The summed E-state index contributed by atoms with van der Waals surface area (Å²) in [4.78, 5) is 36.2. The zero-order valence-corrected chi connectivity index (χ0v) is 18.1. The number of anilines is 1. The number of amides is 1. The second-order valence-electron chi connectivity index (χ2n) is 5.54. The van der Waals surface area contributed by atoms with E-state index in [9.17, 15) is 14.4 Å². The second kappa shape index (κ2) is 9.99. The second-order valence-corrected chi connectivity index (χ2v) is 6.86. The molecule has 2 N–H and O–H groups in total. The van der Waals surface area contributed by atoms with E-state index >= 15 is 0 Å². The molecule has 1 amide bonds. The topological polar surface area (TPSA) is 103 Å². The highest BCUT2D eigenvalue weighted by Crippen LogP contribution is 2.23. The summed E-state index contributed by atoms with van der Waals surface area (Å²) in [6.07, 6.45) is 0. The maximum absolute atomic E-state index is 12.5. The minimum absolute atomic E-state index is 0.0464. The van der Waals surface area contributed by atoms with Crippen LogP contribution in [-0.4, -0.2) is 44.3 Å². The van der Waals surface area contributed by atoms with E-state index < -0.39 is 17.8 Å². The highest BCUT2D eigenvalue weighted by molar-refractivity contribution is 9.10. The molecule has 0 aliphatic rings. The van der Waals surface area contributed by atoms with Gasteiger partial charge in [0.15, 0.2) is 5.11 Å². The van der Waals surface area contributed by atoms with Crippen molar-refractivity contribution >= 4 is 56.8 Å². The largest absolute Gasteiger partial charge is 0.496 e. The van der Waals surface area contributed by atoms with Gasteiger partial charge in [0, 0.05) is 10.2 Å². The molecule has 2 aromatic carbocycles. The first-order valence-electron chi connectivity index (χ1n) is 8.06. The Labute approximate surface area is 180 Å². The smallest absolute Gasteiger partial charge is 0.337 e. The Morgan fingerprint density at radius 1 is 0.931 bits per heavy atom. The molecule has 0 bridgehead atoms. The Morgan fingerprint density at radius 2 is 1.52 bits per heavy atom. The van der Waals surface area contributed by atoms with Gasteiger partial charge in [-0.2, -0.15) is 0 Å². The van der Waals surface area contributed by atoms with Crippen LogP contribution < -0.4 is 15.4 Å².